The van der Waals surface area contributed by atoms with E-state index in [0.29, 0.717) is 18.5 Å². The van der Waals surface area contributed by atoms with Gasteiger partial charge in [0.25, 0.3) is 5.91 Å². The van der Waals surface area contributed by atoms with Gasteiger partial charge in [-0.3, -0.25) is 4.79 Å². The zero-order chi connectivity index (χ0) is 20.1. The van der Waals surface area contributed by atoms with Crippen molar-refractivity contribution in [1.82, 2.24) is 9.88 Å². The number of aryl methyl sites for hydroxylation is 1. The van der Waals surface area contributed by atoms with Gasteiger partial charge in [-0.15, -0.1) is 0 Å². The molecule has 5 nitrogen and oxygen atoms in total. The second-order valence-corrected chi connectivity index (χ2v) is 6.22. The van der Waals surface area contributed by atoms with Gasteiger partial charge in [-0.1, -0.05) is 24.3 Å². The Labute approximate surface area is 161 Å². The lowest BCUT2D eigenvalue weighted by atomic mass is 10.1. The minimum atomic E-state index is -2.91. The second kappa shape index (κ2) is 8.73. The highest BCUT2D eigenvalue weighted by Gasteiger charge is 2.14. The topological polar surface area (TPSA) is 52.5 Å². The molecule has 3 aromatic rings. The van der Waals surface area contributed by atoms with Crippen molar-refractivity contribution in [3.63, 3.8) is 0 Å². The zero-order valence-corrected chi connectivity index (χ0v) is 15.7. The maximum absolute atomic E-state index is 12.6. The summed E-state index contributed by atoms with van der Waals surface area (Å²) < 4.78 is 36.4. The summed E-state index contributed by atoms with van der Waals surface area (Å²) in [6, 6.07) is 12.5. The van der Waals surface area contributed by atoms with Crippen molar-refractivity contribution in [3.05, 3.63) is 59.8 Å². The molecule has 2 aromatic carbocycles. The quantitative estimate of drug-likeness (QED) is 0.628. The van der Waals surface area contributed by atoms with Gasteiger partial charge >= 0.3 is 6.61 Å². The molecule has 1 aromatic heterocycles. The molecular weight excluding hydrogens is 366 g/mol. The van der Waals surface area contributed by atoms with E-state index in [0.717, 1.165) is 23.0 Å². The molecule has 0 saturated heterocycles. The number of fused-ring (bicyclic) bond motifs is 1. The average Bonchev–Trinajstić information content (AvgIpc) is 3.07. The number of carbonyl (C=O) groups is 1. The van der Waals surface area contributed by atoms with Gasteiger partial charge in [0, 0.05) is 30.2 Å². The summed E-state index contributed by atoms with van der Waals surface area (Å²) in [5.41, 5.74) is 2.50. The van der Waals surface area contributed by atoms with E-state index in [1.807, 2.05) is 42.0 Å². The van der Waals surface area contributed by atoms with Crippen molar-refractivity contribution >= 4 is 16.8 Å². The van der Waals surface area contributed by atoms with E-state index in [4.69, 9.17) is 4.74 Å². The van der Waals surface area contributed by atoms with Crippen LogP contribution >= 0.6 is 0 Å². The van der Waals surface area contributed by atoms with Crippen LogP contribution in [-0.4, -0.2) is 30.7 Å². The fraction of sp³-hybridized carbons (Fsp3) is 0.286. The van der Waals surface area contributed by atoms with Crippen molar-refractivity contribution in [3.8, 4) is 11.5 Å². The molecule has 148 valence electrons. The number of methoxy groups -OCH3 is 1. The molecule has 7 heteroatoms. The smallest absolute Gasteiger partial charge is 0.387 e. The number of halogens is 2. The third-order valence-corrected chi connectivity index (χ3v) is 4.52. The molecule has 28 heavy (non-hydrogen) atoms. The van der Waals surface area contributed by atoms with E-state index in [9.17, 15) is 13.6 Å². The highest BCUT2D eigenvalue weighted by molar-refractivity contribution is 6.07. The molecule has 0 aliphatic carbocycles. The van der Waals surface area contributed by atoms with Gasteiger partial charge in [0.05, 0.1) is 12.7 Å². The molecule has 0 aliphatic heterocycles. The van der Waals surface area contributed by atoms with Crippen LogP contribution in [0.4, 0.5) is 8.78 Å². The molecule has 1 N–H and O–H groups in total. The number of carbonyl (C=O) groups excluding carboxylic acids is 1. The number of benzene rings is 2. The largest absolute Gasteiger partial charge is 0.493 e. The number of nitrogens with one attached hydrogen (secondary N) is 1. The molecule has 0 unspecified atom stereocenters. The van der Waals surface area contributed by atoms with Gasteiger partial charge in [-0.25, -0.2) is 0 Å². The first kappa shape index (κ1) is 19.7. The fourth-order valence-corrected chi connectivity index (χ4v) is 3.17. The summed E-state index contributed by atoms with van der Waals surface area (Å²) in [6.45, 7) is 0.302. The number of amides is 1. The number of hydrogen-bond acceptors (Lipinski definition) is 3. The predicted octanol–water partition coefficient (Wildman–Crippen LogP) is 4.24. The lowest BCUT2D eigenvalue weighted by molar-refractivity contribution is -0.0512. The Bertz CT molecular complexity index is 969. The standard InChI is InChI=1S/C21H22F2N2O3/c1-3-25-13-16(15-6-4-5-7-17(15)25)20(26)24-11-10-14-8-9-18(28-21(22)23)19(12-14)27-2/h4-9,12-13,21H,3,10-11H2,1-2H3,(H,24,26). The van der Waals surface area contributed by atoms with Crippen LogP contribution in [0.2, 0.25) is 0 Å². The van der Waals surface area contributed by atoms with Crippen LogP contribution in [0.1, 0.15) is 22.8 Å². The third-order valence-electron chi connectivity index (χ3n) is 4.52. The van der Waals surface area contributed by atoms with E-state index in [-0.39, 0.29) is 17.4 Å². The maximum atomic E-state index is 12.6. The van der Waals surface area contributed by atoms with Crippen molar-refractivity contribution in [2.24, 2.45) is 0 Å². The van der Waals surface area contributed by atoms with E-state index < -0.39 is 6.61 Å². The second-order valence-electron chi connectivity index (χ2n) is 6.22. The number of nitrogens with zero attached hydrogens (tertiary/aromatic N) is 1. The summed E-state index contributed by atoms with van der Waals surface area (Å²) in [4.78, 5) is 12.6. The van der Waals surface area contributed by atoms with Gasteiger partial charge in [-0.05, 0) is 37.1 Å². The first-order chi connectivity index (χ1) is 13.5. The Hall–Kier alpha value is -3.09. The minimum absolute atomic E-state index is 0.0161. The van der Waals surface area contributed by atoms with E-state index in [1.165, 1.54) is 13.2 Å². The lowest BCUT2D eigenvalue weighted by Crippen LogP contribution is -2.25. The molecule has 0 aliphatic rings. The van der Waals surface area contributed by atoms with Gasteiger partial charge in [0.15, 0.2) is 11.5 Å². The summed E-state index contributed by atoms with van der Waals surface area (Å²) in [6.07, 6.45) is 2.39. The van der Waals surface area contributed by atoms with E-state index in [1.54, 1.807) is 12.1 Å². The summed E-state index contributed by atoms with van der Waals surface area (Å²) in [5.74, 6) is 0.0702. The molecule has 0 spiro atoms. The molecule has 0 saturated carbocycles. The Morgan fingerprint density at radius 2 is 1.96 bits per heavy atom. The minimum Gasteiger partial charge on any atom is -0.493 e. The van der Waals surface area contributed by atoms with Gasteiger partial charge < -0.3 is 19.4 Å². The maximum Gasteiger partial charge on any atom is 0.387 e. The number of aromatic nitrogens is 1. The van der Waals surface area contributed by atoms with Crippen LogP contribution in [0, 0.1) is 0 Å². The Morgan fingerprint density at radius 1 is 1.18 bits per heavy atom. The van der Waals surface area contributed by atoms with E-state index in [2.05, 4.69) is 10.1 Å². The van der Waals surface area contributed by atoms with Gasteiger partial charge in [-0.2, -0.15) is 8.78 Å². The summed E-state index contributed by atoms with van der Waals surface area (Å²) in [7, 11) is 1.39. The molecule has 0 atom stereocenters. The molecule has 0 fully saturated rings. The van der Waals surface area contributed by atoms with E-state index >= 15 is 0 Å². The molecular formula is C21H22F2N2O3. The van der Waals surface area contributed by atoms with Crippen molar-refractivity contribution in [1.29, 1.82) is 0 Å². The first-order valence-corrected chi connectivity index (χ1v) is 9.01. The highest BCUT2D eigenvalue weighted by atomic mass is 19.3. The van der Waals surface area contributed by atoms with Gasteiger partial charge in [0.1, 0.15) is 0 Å². The Morgan fingerprint density at radius 3 is 2.68 bits per heavy atom. The number of para-hydroxylation sites is 1. The van der Waals surface area contributed by atoms with Crippen LogP contribution in [0.3, 0.4) is 0 Å². The number of rotatable bonds is 8. The van der Waals surface area contributed by atoms with Crippen LogP contribution in [0.25, 0.3) is 10.9 Å². The van der Waals surface area contributed by atoms with Crippen molar-refractivity contribution in [2.45, 2.75) is 26.5 Å². The molecule has 0 radical (unpaired) electrons. The van der Waals surface area contributed by atoms with Crippen LogP contribution in [-0.2, 0) is 13.0 Å². The molecule has 1 amide bonds. The molecule has 0 bridgehead atoms. The van der Waals surface area contributed by atoms with Crippen LogP contribution in [0.5, 0.6) is 11.5 Å². The first-order valence-electron chi connectivity index (χ1n) is 9.01. The average molecular weight is 388 g/mol. The van der Waals surface area contributed by atoms with Crippen LogP contribution in [0.15, 0.2) is 48.7 Å². The number of hydrogen-bond donors (Lipinski definition) is 1. The van der Waals surface area contributed by atoms with Gasteiger partial charge in [0.2, 0.25) is 0 Å². The number of ether oxygens (including phenoxy) is 2. The zero-order valence-electron chi connectivity index (χ0n) is 15.7. The SMILES string of the molecule is CCn1cc(C(=O)NCCc2ccc(OC(F)F)c(OC)c2)c2ccccc21. The summed E-state index contributed by atoms with van der Waals surface area (Å²) >= 11 is 0. The monoisotopic (exact) mass is 388 g/mol. The normalized spacial score (nSPS) is 11.0. The fourth-order valence-electron chi connectivity index (χ4n) is 3.17. The number of alkyl halides is 2. The molecule has 1 heterocycles. The van der Waals surface area contributed by atoms with Crippen molar-refractivity contribution < 1.29 is 23.0 Å². The predicted molar refractivity (Wildman–Crippen MR) is 103 cm³/mol. The van der Waals surface area contributed by atoms with Crippen molar-refractivity contribution in [2.75, 3.05) is 13.7 Å². The summed E-state index contributed by atoms with van der Waals surface area (Å²) in [5, 5.41) is 3.83. The lowest BCUT2D eigenvalue weighted by Gasteiger charge is -2.11. The highest BCUT2D eigenvalue weighted by Crippen LogP contribution is 2.29. The Kier molecular flexibility index (Phi) is 6.13. The molecule has 3 rings (SSSR count). The third kappa shape index (κ3) is 4.24. The Balaban J connectivity index is 1.66. The van der Waals surface area contributed by atoms with Crippen LogP contribution < -0.4 is 14.8 Å².